The molecule has 1 amide bonds. The van der Waals surface area contributed by atoms with Gasteiger partial charge in [-0.2, -0.15) is 4.98 Å². The van der Waals surface area contributed by atoms with E-state index in [1.807, 2.05) is 0 Å². The van der Waals surface area contributed by atoms with Crippen LogP contribution in [-0.2, 0) is 10.2 Å². The predicted molar refractivity (Wildman–Crippen MR) is 105 cm³/mol. The van der Waals surface area contributed by atoms with Crippen molar-refractivity contribution in [2.45, 2.75) is 25.2 Å². The van der Waals surface area contributed by atoms with E-state index in [0.717, 1.165) is 5.56 Å². The Labute approximate surface area is 172 Å². The van der Waals surface area contributed by atoms with Crippen LogP contribution < -0.4 is 0 Å². The predicted octanol–water partition coefficient (Wildman–Crippen LogP) is 3.44. The largest absolute Gasteiger partial charge is 0.481 e. The average molecular weight is 409 g/mol. The van der Waals surface area contributed by atoms with Gasteiger partial charge in [0, 0.05) is 31.1 Å². The number of piperidine rings is 1. The molecule has 4 rings (SSSR count). The van der Waals surface area contributed by atoms with Crippen molar-refractivity contribution in [2.24, 2.45) is 0 Å². The van der Waals surface area contributed by atoms with Gasteiger partial charge in [-0.1, -0.05) is 29.4 Å². The summed E-state index contributed by atoms with van der Waals surface area (Å²) >= 11 is 0. The van der Waals surface area contributed by atoms with Gasteiger partial charge in [0.05, 0.1) is 5.41 Å². The minimum Gasteiger partial charge on any atom is -0.481 e. The number of likely N-dealkylation sites (tertiary alicyclic amines) is 1. The Balaban J connectivity index is 1.48. The molecule has 30 heavy (non-hydrogen) atoms. The molecule has 1 N–H and O–H groups in total. The third-order valence-corrected chi connectivity index (χ3v) is 5.63. The molecule has 0 aliphatic carbocycles. The summed E-state index contributed by atoms with van der Waals surface area (Å²) in [6, 6.07) is 12.5. The highest BCUT2D eigenvalue weighted by atomic mass is 19.1. The molecular formula is C22H20FN3O4. The summed E-state index contributed by atoms with van der Waals surface area (Å²) in [5.41, 5.74) is 0.681. The second kappa shape index (κ2) is 7.70. The van der Waals surface area contributed by atoms with E-state index in [2.05, 4.69) is 10.1 Å². The standard InChI is InChI=1S/C22H20FN3O4/c1-14-24-19(25-30-14)15-2-4-16(5-3-15)20(27)26-12-10-22(11-13-26,21(28)29)17-6-8-18(23)9-7-17/h2-9H,10-13H2,1H3,(H,28,29). The number of rotatable bonds is 4. The van der Waals surface area contributed by atoms with E-state index in [1.54, 1.807) is 36.1 Å². The Kier molecular flexibility index (Phi) is 5.07. The fourth-order valence-corrected chi connectivity index (χ4v) is 3.85. The summed E-state index contributed by atoms with van der Waals surface area (Å²) in [6.45, 7) is 2.30. The minimum absolute atomic E-state index is 0.163. The molecule has 0 atom stereocenters. The molecule has 154 valence electrons. The Morgan fingerprint density at radius 3 is 2.23 bits per heavy atom. The summed E-state index contributed by atoms with van der Waals surface area (Å²) in [7, 11) is 0. The number of carboxylic acids is 1. The van der Waals surface area contributed by atoms with E-state index >= 15 is 0 Å². The molecule has 2 aromatic carbocycles. The van der Waals surface area contributed by atoms with Crippen LogP contribution in [0.15, 0.2) is 53.1 Å². The number of nitrogens with zero attached hydrogens (tertiary/aromatic N) is 3. The van der Waals surface area contributed by atoms with Gasteiger partial charge in [-0.25, -0.2) is 4.39 Å². The number of hydrogen-bond acceptors (Lipinski definition) is 5. The second-order valence-corrected chi connectivity index (χ2v) is 7.40. The summed E-state index contributed by atoms with van der Waals surface area (Å²) in [5, 5.41) is 13.7. The normalized spacial score (nSPS) is 15.7. The SMILES string of the molecule is Cc1nc(-c2ccc(C(=O)N3CCC(C(=O)O)(c4ccc(F)cc4)CC3)cc2)no1. The van der Waals surface area contributed by atoms with Gasteiger partial charge in [0.25, 0.3) is 5.91 Å². The zero-order valence-electron chi connectivity index (χ0n) is 16.3. The summed E-state index contributed by atoms with van der Waals surface area (Å²) < 4.78 is 18.2. The van der Waals surface area contributed by atoms with E-state index in [1.165, 1.54) is 24.3 Å². The Bertz CT molecular complexity index is 1070. The third kappa shape index (κ3) is 3.56. The van der Waals surface area contributed by atoms with Crippen LogP contribution in [-0.4, -0.2) is 45.1 Å². The lowest BCUT2D eigenvalue weighted by Crippen LogP contribution is -2.49. The van der Waals surface area contributed by atoms with Crippen LogP contribution >= 0.6 is 0 Å². The molecule has 2 heterocycles. The fraction of sp³-hybridized carbons (Fsp3) is 0.273. The highest BCUT2D eigenvalue weighted by Gasteiger charge is 2.44. The van der Waals surface area contributed by atoms with Gasteiger partial charge in [-0.15, -0.1) is 0 Å². The van der Waals surface area contributed by atoms with Crippen molar-refractivity contribution >= 4 is 11.9 Å². The van der Waals surface area contributed by atoms with Gasteiger partial charge in [-0.3, -0.25) is 9.59 Å². The molecule has 0 saturated carbocycles. The maximum atomic E-state index is 13.3. The summed E-state index contributed by atoms with van der Waals surface area (Å²) in [6.07, 6.45) is 0.528. The number of carbonyl (C=O) groups is 2. The van der Waals surface area contributed by atoms with E-state index in [0.29, 0.717) is 35.9 Å². The topological polar surface area (TPSA) is 96.5 Å². The molecular weight excluding hydrogens is 389 g/mol. The van der Waals surface area contributed by atoms with Gasteiger partial charge >= 0.3 is 5.97 Å². The molecule has 1 fully saturated rings. The smallest absolute Gasteiger partial charge is 0.314 e. The third-order valence-electron chi connectivity index (χ3n) is 5.63. The average Bonchev–Trinajstić information content (AvgIpc) is 3.20. The number of aromatic nitrogens is 2. The number of hydrogen-bond donors (Lipinski definition) is 1. The minimum atomic E-state index is -1.12. The van der Waals surface area contributed by atoms with Crippen molar-refractivity contribution in [1.82, 2.24) is 15.0 Å². The Morgan fingerprint density at radius 2 is 1.70 bits per heavy atom. The zero-order chi connectivity index (χ0) is 21.3. The monoisotopic (exact) mass is 409 g/mol. The first-order valence-electron chi connectivity index (χ1n) is 9.58. The Morgan fingerprint density at radius 1 is 1.07 bits per heavy atom. The number of carbonyl (C=O) groups excluding carboxylic acids is 1. The van der Waals surface area contributed by atoms with Crippen LogP contribution in [0.3, 0.4) is 0 Å². The lowest BCUT2D eigenvalue weighted by atomic mass is 9.72. The van der Waals surface area contributed by atoms with Crippen molar-refractivity contribution in [3.63, 3.8) is 0 Å². The Hall–Kier alpha value is -3.55. The van der Waals surface area contributed by atoms with E-state index < -0.39 is 17.2 Å². The van der Waals surface area contributed by atoms with Gasteiger partial charge < -0.3 is 14.5 Å². The molecule has 0 spiro atoms. The molecule has 1 aromatic heterocycles. The van der Waals surface area contributed by atoms with Crippen LogP contribution in [0.4, 0.5) is 4.39 Å². The number of aryl methyl sites for hydroxylation is 1. The zero-order valence-corrected chi connectivity index (χ0v) is 16.3. The van der Waals surface area contributed by atoms with Gasteiger partial charge in [0.2, 0.25) is 11.7 Å². The first kappa shape index (κ1) is 19.8. The van der Waals surface area contributed by atoms with Crippen molar-refractivity contribution in [3.8, 4) is 11.4 Å². The second-order valence-electron chi connectivity index (χ2n) is 7.40. The maximum absolute atomic E-state index is 13.3. The van der Waals surface area contributed by atoms with Crippen molar-refractivity contribution < 1.29 is 23.6 Å². The summed E-state index contributed by atoms with van der Waals surface area (Å²) in [4.78, 5) is 30.8. The van der Waals surface area contributed by atoms with E-state index in [9.17, 15) is 19.1 Å². The molecule has 1 aliphatic rings. The molecule has 3 aromatic rings. The van der Waals surface area contributed by atoms with Crippen LogP contribution in [0.2, 0.25) is 0 Å². The first-order valence-corrected chi connectivity index (χ1v) is 9.58. The molecule has 0 bridgehead atoms. The number of amides is 1. The van der Waals surface area contributed by atoms with Crippen LogP contribution in [0, 0.1) is 12.7 Å². The highest BCUT2D eigenvalue weighted by Crippen LogP contribution is 2.36. The number of aliphatic carboxylic acids is 1. The molecule has 8 heteroatoms. The van der Waals surface area contributed by atoms with Crippen molar-refractivity contribution in [3.05, 3.63) is 71.4 Å². The first-order chi connectivity index (χ1) is 14.4. The van der Waals surface area contributed by atoms with Gasteiger partial charge in [0.1, 0.15) is 5.82 Å². The lowest BCUT2D eigenvalue weighted by Gasteiger charge is -2.39. The van der Waals surface area contributed by atoms with E-state index in [4.69, 9.17) is 4.52 Å². The molecule has 0 unspecified atom stereocenters. The van der Waals surface area contributed by atoms with Gasteiger partial charge in [-0.05, 0) is 42.7 Å². The molecule has 7 nitrogen and oxygen atoms in total. The molecule has 0 radical (unpaired) electrons. The quantitative estimate of drug-likeness (QED) is 0.709. The van der Waals surface area contributed by atoms with Crippen LogP contribution in [0.5, 0.6) is 0 Å². The molecule has 1 aliphatic heterocycles. The van der Waals surface area contributed by atoms with Crippen molar-refractivity contribution in [1.29, 1.82) is 0 Å². The van der Waals surface area contributed by atoms with Gasteiger partial charge in [0.15, 0.2) is 0 Å². The van der Waals surface area contributed by atoms with Crippen LogP contribution in [0.1, 0.15) is 34.7 Å². The number of benzene rings is 2. The number of carboxylic acid groups (broad SMARTS) is 1. The maximum Gasteiger partial charge on any atom is 0.314 e. The fourth-order valence-electron chi connectivity index (χ4n) is 3.85. The van der Waals surface area contributed by atoms with Crippen LogP contribution in [0.25, 0.3) is 11.4 Å². The number of halogens is 1. The van der Waals surface area contributed by atoms with E-state index in [-0.39, 0.29) is 18.7 Å². The highest BCUT2D eigenvalue weighted by molar-refractivity contribution is 5.95. The summed E-state index contributed by atoms with van der Waals surface area (Å²) in [5.74, 6) is -0.618. The lowest BCUT2D eigenvalue weighted by molar-refractivity contribution is -0.145. The molecule has 1 saturated heterocycles. The van der Waals surface area contributed by atoms with Crippen molar-refractivity contribution in [2.75, 3.05) is 13.1 Å².